The molecule has 3 nitrogen and oxygen atoms in total. The third-order valence-corrected chi connectivity index (χ3v) is 4.59. The highest BCUT2D eigenvalue weighted by Crippen LogP contribution is 2.25. The second kappa shape index (κ2) is 7.46. The lowest BCUT2D eigenvalue weighted by Crippen LogP contribution is -2.48. The molecule has 0 aromatic rings. The van der Waals surface area contributed by atoms with Gasteiger partial charge in [0.25, 0.3) is 0 Å². The Balaban J connectivity index is 2.66. The number of likely N-dealkylation sites (N-methyl/N-ethyl adjacent to an activating group) is 2. The minimum Gasteiger partial charge on any atom is -0.315 e. The van der Waals surface area contributed by atoms with Crippen LogP contribution in [-0.4, -0.2) is 62.2 Å². The third kappa shape index (κ3) is 3.69. The Bertz CT molecular complexity index is 230. The maximum atomic E-state index is 3.53. The molecule has 0 aromatic heterocycles. The zero-order chi connectivity index (χ0) is 13.7. The molecule has 0 aromatic carbocycles. The lowest BCUT2D eigenvalue weighted by Gasteiger charge is -2.34. The molecular weight excluding hydrogens is 222 g/mol. The van der Waals surface area contributed by atoms with Crippen LogP contribution in [0.1, 0.15) is 40.0 Å². The molecule has 0 saturated carbocycles. The molecule has 0 aliphatic carbocycles. The van der Waals surface area contributed by atoms with Gasteiger partial charge in [-0.25, -0.2) is 0 Å². The molecular formula is C15H33N3. The van der Waals surface area contributed by atoms with Gasteiger partial charge in [-0.05, 0) is 39.9 Å². The molecule has 0 bridgehead atoms. The van der Waals surface area contributed by atoms with Gasteiger partial charge >= 0.3 is 0 Å². The standard InChI is InChI=1S/C15H33N3/c1-7-9-13(16-4)14(8-2)18-10-12(3)15(11-18)17(5)6/h12-16H,7-11H2,1-6H3. The van der Waals surface area contributed by atoms with Crippen LogP contribution in [0.2, 0.25) is 0 Å². The summed E-state index contributed by atoms with van der Waals surface area (Å²) in [7, 11) is 6.55. The Labute approximate surface area is 114 Å². The van der Waals surface area contributed by atoms with Crippen LogP contribution >= 0.6 is 0 Å². The molecule has 3 heteroatoms. The van der Waals surface area contributed by atoms with Gasteiger partial charge in [0.15, 0.2) is 0 Å². The summed E-state index contributed by atoms with van der Waals surface area (Å²) in [6.07, 6.45) is 3.80. The normalized spacial score (nSPS) is 28.8. The van der Waals surface area contributed by atoms with Gasteiger partial charge in [0.05, 0.1) is 0 Å². The van der Waals surface area contributed by atoms with Gasteiger partial charge in [-0.1, -0.05) is 27.2 Å². The van der Waals surface area contributed by atoms with Crippen molar-refractivity contribution in [1.82, 2.24) is 15.1 Å². The molecule has 4 atom stereocenters. The Morgan fingerprint density at radius 2 is 1.94 bits per heavy atom. The second-order valence-corrected chi connectivity index (χ2v) is 6.12. The van der Waals surface area contributed by atoms with E-state index in [2.05, 4.69) is 57.0 Å². The Hall–Kier alpha value is -0.120. The van der Waals surface area contributed by atoms with Crippen molar-refractivity contribution >= 4 is 0 Å². The van der Waals surface area contributed by atoms with Crippen molar-refractivity contribution in [2.75, 3.05) is 34.2 Å². The van der Waals surface area contributed by atoms with Crippen LogP contribution in [0.3, 0.4) is 0 Å². The van der Waals surface area contributed by atoms with E-state index < -0.39 is 0 Å². The van der Waals surface area contributed by atoms with E-state index in [1.807, 2.05) is 0 Å². The fraction of sp³-hybridized carbons (Fsp3) is 1.00. The predicted octanol–water partition coefficient (Wildman–Crippen LogP) is 2.04. The first-order valence-corrected chi connectivity index (χ1v) is 7.62. The van der Waals surface area contributed by atoms with Crippen molar-refractivity contribution in [2.45, 2.75) is 58.2 Å². The maximum Gasteiger partial charge on any atom is 0.0254 e. The summed E-state index contributed by atoms with van der Waals surface area (Å²) in [5, 5.41) is 3.53. The minimum atomic E-state index is 0.646. The van der Waals surface area contributed by atoms with Crippen LogP contribution in [0, 0.1) is 5.92 Å². The topological polar surface area (TPSA) is 18.5 Å². The molecule has 1 aliphatic rings. The molecule has 4 unspecified atom stereocenters. The molecule has 108 valence electrons. The van der Waals surface area contributed by atoms with E-state index >= 15 is 0 Å². The molecule has 1 heterocycles. The van der Waals surface area contributed by atoms with Crippen molar-refractivity contribution in [1.29, 1.82) is 0 Å². The Kier molecular flexibility index (Phi) is 6.61. The maximum absolute atomic E-state index is 3.53. The van der Waals surface area contributed by atoms with Crippen LogP contribution in [0.15, 0.2) is 0 Å². The van der Waals surface area contributed by atoms with E-state index in [4.69, 9.17) is 0 Å². The SMILES string of the molecule is CCCC(NC)C(CC)N1CC(C)C(N(C)C)C1. The summed E-state index contributed by atoms with van der Waals surface area (Å²) >= 11 is 0. The van der Waals surface area contributed by atoms with Gasteiger partial charge in [-0.2, -0.15) is 0 Å². The molecule has 1 fully saturated rings. The molecule has 18 heavy (non-hydrogen) atoms. The van der Waals surface area contributed by atoms with Gasteiger partial charge in [0.1, 0.15) is 0 Å². The van der Waals surface area contributed by atoms with Crippen LogP contribution < -0.4 is 5.32 Å². The lowest BCUT2D eigenvalue weighted by molar-refractivity contribution is 0.169. The van der Waals surface area contributed by atoms with E-state index in [-0.39, 0.29) is 0 Å². The van der Waals surface area contributed by atoms with Crippen LogP contribution in [0.4, 0.5) is 0 Å². The van der Waals surface area contributed by atoms with E-state index in [9.17, 15) is 0 Å². The number of hydrogen-bond acceptors (Lipinski definition) is 3. The summed E-state index contributed by atoms with van der Waals surface area (Å²) in [5.41, 5.74) is 0. The summed E-state index contributed by atoms with van der Waals surface area (Å²) < 4.78 is 0. The van der Waals surface area contributed by atoms with Crippen molar-refractivity contribution < 1.29 is 0 Å². The smallest absolute Gasteiger partial charge is 0.0254 e. The zero-order valence-electron chi connectivity index (χ0n) is 13.2. The lowest BCUT2D eigenvalue weighted by atomic mass is 9.99. The molecule has 0 spiro atoms. The van der Waals surface area contributed by atoms with Crippen LogP contribution in [0.25, 0.3) is 0 Å². The molecule has 1 saturated heterocycles. The Morgan fingerprint density at radius 3 is 2.33 bits per heavy atom. The van der Waals surface area contributed by atoms with E-state index in [1.54, 1.807) is 0 Å². The third-order valence-electron chi connectivity index (χ3n) is 4.59. The average molecular weight is 255 g/mol. The summed E-state index contributed by atoms with van der Waals surface area (Å²) in [6, 6.07) is 2.06. The van der Waals surface area contributed by atoms with Gasteiger partial charge in [0.2, 0.25) is 0 Å². The van der Waals surface area contributed by atoms with Gasteiger partial charge in [0, 0.05) is 31.2 Å². The van der Waals surface area contributed by atoms with Crippen LogP contribution in [0.5, 0.6) is 0 Å². The van der Waals surface area contributed by atoms with E-state index in [0.29, 0.717) is 12.1 Å². The number of likely N-dealkylation sites (tertiary alicyclic amines) is 1. The van der Waals surface area contributed by atoms with Gasteiger partial charge in [-0.3, -0.25) is 4.90 Å². The molecule has 1 N–H and O–H groups in total. The highest BCUT2D eigenvalue weighted by molar-refractivity contribution is 4.93. The molecule has 1 aliphatic heterocycles. The Morgan fingerprint density at radius 1 is 1.28 bits per heavy atom. The number of nitrogens with one attached hydrogen (secondary N) is 1. The van der Waals surface area contributed by atoms with Crippen molar-refractivity contribution in [3.8, 4) is 0 Å². The van der Waals surface area contributed by atoms with Crippen molar-refractivity contribution in [2.24, 2.45) is 5.92 Å². The van der Waals surface area contributed by atoms with Crippen molar-refractivity contribution in [3.63, 3.8) is 0 Å². The molecule has 0 amide bonds. The van der Waals surface area contributed by atoms with Crippen LogP contribution in [-0.2, 0) is 0 Å². The largest absolute Gasteiger partial charge is 0.315 e. The summed E-state index contributed by atoms with van der Waals surface area (Å²) in [4.78, 5) is 5.11. The minimum absolute atomic E-state index is 0.646. The zero-order valence-corrected chi connectivity index (χ0v) is 13.2. The van der Waals surface area contributed by atoms with Gasteiger partial charge in [-0.15, -0.1) is 0 Å². The van der Waals surface area contributed by atoms with Crippen molar-refractivity contribution in [3.05, 3.63) is 0 Å². The average Bonchev–Trinajstić information content (AvgIpc) is 2.71. The number of nitrogens with zero attached hydrogens (tertiary/aromatic N) is 2. The molecule has 0 radical (unpaired) electrons. The van der Waals surface area contributed by atoms with E-state index in [1.165, 1.54) is 32.4 Å². The fourth-order valence-electron chi connectivity index (χ4n) is 3.57. The summed E-state index contributed by atoms with van der Waals surface area (Å²) in [5.74, 6) is 0.785. The van der Waals surface area contributed by atoms with Gasteiger partial charge < -0.3 is 10.2 Å². The number of hydrogen-bond donors (Lipinski definition) is 1. The first-order chi connectivity index (χ1) is 8.54. The van der Waals surface area contributed by atoms with E-state index in [0.717, 1.165) is 12.0 Å². The first-order valence-electron chi connectivity index (χ1n) is 7.62. The number of rotatable bonds is 7. The summed E-state index contributed by atoms with van der Waals surface area (Å²) in [6.45, 7) is 9.49. The molecule has 1 rings (SSSR count). The highest BCUT2D eigenvalue weighted by atomic mass is 15.3. The second-order valence-electron chi connectivity index (χ2n) is 6.12. The monoisotopic (exact) mass is 255 g/mol. The quantitative estimate of drug-likeness (QED) is 0.751. The predicted molar refractivity (Wildman–Crippen MR) is 80.0 cm³/mol. The highest BCUT2D eigenvalue weighted by Gasteiger charge is 2.36. The first kappa shape index (κ1) is 15.9. The fourth-order valence-corrected chi connectivity index (χ4v) is 3.57.